The summed E-state index contributed by atoms with van der Waals surface area (Å²) in [5.41, 5.74) is 6.86. The fourth-order valence-electron chi connectivity index (χ4n) is 6.74. The highest BCUT2D eigenvalue weighted by Crippen LogP contribution is 2.50. The van der Waals surface area contributed by atoms with Gasteiger partial charge in [-0.2, -0.15) is 0 Å². The SMILES string of the molecule is COCC1=C2[C@@H](CC/C(=C/c3cc(C)c(O)c(C)c3)c3ccccc3)OB(O)C[C@@H]2[C@@H]2C(=O)N(C)C(=O)[C@@H]2C1. The number of amides is 2. The van der Waals surface area contributed by atoms with Crippen LogP contribution in [0, 0.1) is 31.6 Å². The van der Waals surface area contributed by atoms with Crippen LogP contribution in [0.4, 0.5) is 0 Å². The van der Waals surface area contributed by atoms with Gasteiger partial charge >= 0.3 is 7.12 Å². The Labute approximate surface area is 230 Å². The number of aryl methyl sites for hydroxylation is 2. The first-order valence-corrected chi connectivity index (χ1v) is 13.6. The van der Waals surface area contributed by atoms with Crippen LogP contribution in [-0.4, -0.2) is 60.8 Å². The number of aromatic hydroxyl groups is 1. The maximum Gasteiger partial charge on any atom is 0.455 e. The molecule has 0 saturated carbocycles. The molecule has 7 nitrogen and oxygen atoms in total. The van der Waals surface area contributed by atoms with Gasteiger partial charge in [-0.05, 0) is 96.5 Å². The summed E-state index contributed by atoms with van der Waals surface area (Å²) < 4.78 is 11.7. The number of hydrogen-bond donors (Lipinski definition) is 2. The van der Waals surface area contributed by atoms with E-state index in [0.717, 1.165) is 39.0 Å². The van der Waals surface area contributed by atoms with Crippen LogP contribution in [0.15, 0.2) is 53.6 Å². The van der Waals surface area contributed by atoms with Gasteiger partial charge in [0.25, 0.3) is 0 Å². The minimum absolute atomic E-state index is 0.149. The minimum atomic E-state index is -1.01. The van der Waals surface area contributed by atoms with E-state index in [0.29, 0.717) is 37.9 Å². The summed E-state index contributed by atoms with van der Waals surface area (Å²) in [5, 5.41) is 21.0. The minimum Gasteiger partial charge on any atom is -0.507 e. The van der Waals surface area contributed by atoms with Crippen LogP contribution in [0.3, 0.4) is 0 Å². The van der Waals surface area contributed by atoms with Crippen LogP contribution >= 0.6 is 0 Å². The Morgan fingerprint density at radius 2 is 1.82 bits per heavy atom. The molecule has 2 heterocycles. The predicted molar refractivity (Wildman–Crippen MR) is 151 cm³/mol. The summed E-state index contributed by atoms with van der Waals surface area (Å²) in [7, 11) is 2.18. The number of nitrogens with zero attached hydrogens (tertiary/aromatic N) is 1. The highest BCUT2D eigenvalue weighted by Gasteiger charge is 2.56. The number of carbonyl (C=O) groups excluding carboxylic acids is 2. The fraction of sp³-hybridized carbons (Fsp3) is 0.419. The van der Waals surface area contributed by atoms with Crippen molar-refractivity contribution in [2.24, 2.45) is 17.8 Å². The van der Waals surface area contributed by atoms with Crippen LogP contribution in [0.2, 0.25) is 6.32 Å². The number of methoxy groups -OCH3 is 1. The van der Waals surface area contributed by atoms with Crippen LogP contribution in [-0.2, 0) is 19.0 Å². The molecule has 0 aromatic heterocycles. The van der Waals surface area contributed by atoms with Crippen LogP contribution in [0.25, 0.3) is 11.6 Å². The lowest BCUT2D eigenvalue weighted by atomic mass is 9.58. The predicted octanol–water partition coefficient (Wildman–Crippen LogP) is 4.40. The number of fused-ring (bicyclic) bond motifs is 3. The first-order chi connectivity index (χ1) is 18.7. The molecular weight excluding hydrogens is 493 g/mol. The molecule has 0 radical (unpaired) electrons. The number of likely N-dealkylation sites (tertiary alicyclic amines) is 1. The van der Waals surface area contributed by atoms with Crippen LogP contribution < -0.4 is 0 Å². The lowest BCUT2D eigenvalue weighted by Gasteiger charge is -2.43. The van der Waals surface area contributed by atoms with Gasteiger partial charge in [-0.15, -0.1) is 0 Å². The molecule has 8 heteroatoms. The number of hydrogen-bond acceptors (Lipinski definition) is 6. The molecule has 0 spiro atoms. The Hall–Kier alpha value is -3.20. The molecule has 39 heavy (non-hydrogen) atoms. The van der Waals surface area contributed by atoms with E-state index in [2.05, 4.69) is 18.2 Å². The number of phenols is 1. The molecule has 2 amide bonds. The Morgan fingerprint density at radius 3 is 2.49 bits per heavy atom. The smallest absolute Gasteiger partial charge is 0.455 e. The molecule has 5 rings (SSSR count). The Morgan fingerprint density at radius 1 is 1.13 bits per heavy atom. The summed E-state index contributed by atoms with van der Waals surface area (Å²) in [6.45, 7) is 4.15. The summed E-state index contributed by atoms with van der Waals surface area (Å²) in [4.78, 5) is 27.2. The van der Waals surface area contributed by atoms with E-state index in [4.69, 9.17) is 9.39 Å². The van der Waals surface area contributed by atoms with Gasteiger partial charge in [0.15, 0.2) is 0 Å². The van der Waals surface area contributed by atoms with Crippen molar-refractivity contribution in [1.29, 1.82) is 0 Å². The van der Waals surface area contributed by atoms with E-state index >= 15 is 0 Å². The largest absolute Gasteiger partial charge is 0.507 e. The zero-order valence-corrected chi connectivity index (χ0v) is 23.0. The number of rotatable bonds is 7. The van der Waals surface area contributed by atoms with Crippen LogP contribution in [0.5, 0.6) is 5.75 Å². The third kappa shape index (κ3) is 5.21. The van der Waals surface area contributed by atoms with Gasteiger partial charge in [0, 0.05) is 14.2 Å². The maximum absolute atomic E-state index is 13.1. The number of phenolic OH excluding ortho intramolecular Hbond substituents is 1. The van der Waals surface area contributed by atoms with Gasteiger partial charge in [0.05, 0.1) is 24.5 Å². The van der Waals surface area contributed by atoms with Gasteiger partial charge in [-0.25, -0.2) is 0 Å². The van der Waals surface area contributed by atoms with E-state index in [-0.39, 0.29) is 17.7 Å². The van der Waals surface area contributed by atoms with Crippen molar-refractivity contribution >= 4 is 30.6 Å². The molecule has 2 aromatic rings. The van der Waals surface area contributed by atoms with Gasteiger partial charge < -0.3 is 19.5 Å². The van der Waals surface area contributed by atoms with Crippen molar-refractivity contribution in [3.05, 3.63) is 75.9 Å². The third-order valence-corrected chi connectivity index (χ3v) is 8.52. The standard InChI is InChI=1S/C31H36BNO6/c1-18-12-20(13-19(2)29(18)34)14-22(21-8-6-5-7-9-21)10-11-26-27-23(17-38-4)15-24-28(25(27)16-32(37)39-26)31(36)33(3)30(24)35/h5-9,12-14,24-26,28,34,37H,10-11,15-17H2,1-4H3/b22-14-/t24-,25+,26-,28-/m1/s1. The maximum atomic E-state index is 13.1. The highest BCUT2D eigenvalue weighted by atomic mass is 16.5. The number of benzene rings is 2. The molecule has 0 unspecified atom stereocenters. The van der Waals surface area contributed by atoms with E-state index in [1.807, 2.05) is 44.2 Å². The Balaban J connectivity index is 1.49. The molecule has 204 valence electrons. The zero-order chi connectivity index (χ0) is 27.8. The van der Waals surface area contributed by atoms with Crippen molar-refractivity contribution in [1.82, 2.24) is 4.90 Å². The van der Waals surface area contributed by atoms with E-state index in [9.17, 15) is 19.7 Å². The lowest BCUT2D eigenvalue weighted by molar-refractivity contribution is -0.138. The van der Waals surface area contributed by atoms with Gasteiger partial charge in [0.2, 0.25) is 11.8 Å². The van der Waals surface area contributed by atoms with E-state index in [1.165, 1.54) is 4.90 Å². The van der Waals surface area contributed by atoms with Crippen molar-refractivity contribution in [3.63, 3.8) is 0 Å². The summed E-state index contributed by atoms with van der Waals surface area (Å²) in [5.74, 6) is -1.14. The first-order valence-electron chi connectivity index (χ1n) is 13.6. The lowest BCUT2D eigenvalue weighted by Crippen LogP contribution is -2.46. The molecule has 4 atom stereocenters. The zero-order valence-electron chi connectivity index (χ0n) is 23.0. The van der Waals surface area contributed by atoms with Crippen molar-refractivity contribution in [2.75, 3.05) is 20.8 Å². The number of ether oxygens (including phenoxy) is 1. The topological polar surface area (TPSA) is 96.3 Å². The van der Waals surface area contributed by atoms with Gasteiger partial charge in [-0.1, -0.05) is 36.4 Å². The van der Waals surface area contributed by atoms with Gasteiger partial charge in [0.1, 0.15) is 5.75 Å². The monoisotopic (exact) mass is 529 g/mol. The second kappa shape index (κ2) is 11.1. The average molecular weight is 529 g/mol. The fourth-order valence-corrected chi connectivity index (χ4v) is 6.74. The van der Waals surface area contributed by atoms with E-state index < -0.39 is 25.1 Å². The van der Waals surface area contributed by atoms with Crippen LogP contribution in [0.1, 0.15) is 41.5 Å². The highest BCUT2D eigenvalue weighted by molar-refractivity contribution is 6.43. The molecule has 2 aliphatic heterocycles. The molecule has 2 saturated heterocycles. The summed E-state index contributed by atoms with van der Waals surface area (Å²) in [6, 6.07) is 14.1. The number of imide groups is 1. The van der Waals surface area contributed by atoms with Crippen molar-refractivity contribution in [2.45, 2.75) is 45.5 Å². The third-order valence-electron chi connectivity index (χ3n) is 8.52. The normalized spacial score (nSPS) is 25.3. The number of carbonyl (C=O) groups is 2. The second-order valence-electron chi connectivity index (χ2n) is 11.1. The number of allylic oxidation sites excluding steroid dienone is 1. The first kappa shape index (κ1) is 27.4. The molecule has 2 N–H and O–H groups in total. The van der Waals surface area contributed by atoms with Crippen molar-refractivity contribution in [3.8, 4) is 5.75 Å². The quantitative estimate of drug-likeness (QED) is 0.239. The molecule has 2 fully saturated rings. The Kier molecular flexibility index (Phi) is 7.81. The molecule has 3 aliphatic rings. The summed E-state index contributed by atoms with van der Waals surface area (Å²) >= 11 is 0. The molecule has 1 aliphatic carbocycles. The average Bonchev–Trinajstić information content (AvgIpc) is 3.13. The molecule has 0 bridgehead atoms. The van der Waals surface area contributed by atoms with Gasteiger partial charge in [-0.3, -0.25) is 14.5 Å². The Bertz CT molecular complexity index is 1310. The molecular formula is C31H36BNO6. The molecule has 2 aromatic carbocycles. The second-order valence-corrected chi connectivity index (χ2v) is 11.1. The van der Waals surface area contributed by atoms with E-state index in [1.54, 1.807) is 14.2 Å². The summed E-state index contributed by atoms with van der Waals surface area (Å²) in [6.07, 6.45) is 3.78. The van der Waals surface area contributed by atoms with Crippen molar-refractivity contribution < 1.29 is 29.1 Å².